The second-order valence-electron chi connectivity index (χ2n) is 2.53. The van der Waals surface area contributed by atoms with Crippen LogP contribution in [0.3, 0.4) is 0 Å². The van der Waals surface area contributed by atoms with E-state index < -0.39 is 10.0 Å². The van der Waals surface area contributed by atoms with Crippen LogP contribution in [-0.4, -0.2) is 27.6 Å². The van der Waals surface area contributed by atoms with Gasteiger partial charge >= 0.3 is 0 Å². The maximum absolute atomic E-state index is 11.2. The molecule has 1 heterocycles. The smallest absolute Gasteiger partial charge is 0.243 e. The average Bonchev–Trinajstić information content (AvgIpc) is 2.16. The minimum absolute atomic E-state index is 0.0995. The monoisotopic (exact) mass is 296 g/mol. The zero-order valence-corrected chi connectivity index (χ0v) is 10.4. The molecule has 0 atom stereocenters. The highest BCUT2D eigenvalue weighted by molar-refractivity contribution is 9.10. The van der Waals surface area contributed by atoms with Crippen molar-refractivity contribution in [3.05, 3.63) is 10.5 Å². The quantitative estimate of drug-likeness (QED) is 0.877. The topological polar surface area (TPSA) is 91.5 Å². The summed E-state index contributed by atoms with van der Waals surface area (Å²) in [6, 6.07) is 1.28. The van der Waals surface area contributed by atoms with Gasteiger partial charge in [0.15, 0.2) is 0 Å². The maximum atomic E-state index is 11.2. The lowest BCUT2D eigenvalue weighted by molar-refractivity contribution is 0.354. The van der Waals surface area contributed by atoms with Gasteiger partial charge in [0.05, 0.1) is 18.7 Å². The van der Waals surface area contributed by atoms with Crippen molar-refractivity contribution in [1.29, 1.82) is 0 Å². The summed E-state index contributed by atoms with van der Waals surface area (Å²) < 4.78 is 32.4. The fourth-order valence-corrected chi connectivity index (χ4v) is 2.22. The summed E-state index contributed by atoms with van der Waals surface area (Å²) in [5.41, 5.74) is 0. The summed E-state index contributed by atoms with van der Waals surface area (Å²) in [4.78, 5) is 3.63. The largest absolute Gasteiger partial charge is 0.480 e. The number of hydrogen-bond donors (Lipinski definition) is 1. The number of aromatic nitrogens is 1. The number of sulfonamides is 1. The zero-order chi connectivity index (χ0) is 11.6. The molecule has 0 aliphatic heterocycles. The Kier molecular flexibility index (Phi) is 3.53. The van der Waals surface area contributed by atoms with Crippen molar-refractivity contribution >= 4 is 26.0 Å². The van der Waals surface area contributed by atoms with Gasteiger partial charge in [-0.25, -0.2) is 13.6 Å². The van der Waals surface area contributed by atoms with Crippen LogP contribution in [0.1, 0.15) is 0 Å². The predicted octanol–water partition coefficient (Wildman–Crippen LogP) is 0.509. The molecule has 0 spiro atoms. The molecule has 8 heteroatoms. The van der Waals surface area contributed by atoms with Crippen LogP contribution in [0.15, 0.2) is 15.4 Å². The van der Waals surface area contributed by atoms with E-state index >= 15 is 0 Å². The van der Waals surface area contributed by atoms with Crippen LogP contribution in [0.2, 0.25) is 0 Å². The molecular formula is C7H9BrN2O4S. The van der Waals surface area contributed by atoms with Crippen molar-refractivity contribution in [1.82, 2.24) is 4.98 Å². The third kappa shape index (κ3) is 2.58. The van der Waals surface area contributed by atoms with Gasteiger partial charge in [-0.05, 0) is 22.0 Å². The summed E-state index contributed by atoms with van der Waals surface area (Å²) in [7, 11) is -1.16. The number of pyridine rings is 1. The van der Waals surface area contributed by atoms with E-state index in [1.807, 2.05) is 0 Å². The van der Waals surface area contributed by atoms with Gasteiger partial charge in [0.25, 0.3) is 0 Å². The third-order valence-corrected chi connectivity index (χ3v) is 3.04. The standard InChI is InChI=1S/C7H9BrN2O4S/c1-13-6-4(8)3-5(15(9,11)12)7(10-6)14-2/h3H,1-2H3,(H2,9,11,12). The SMILES string of the molecule is COc1nc(OC)c(S(N)(=O)=O)cc1Br. The molecule has 15 heavy (non-hydrogen) atoms. The van der Waals surface area contributed by atoms with Gasteiger partial charge in [0, 0.05) is 0 Å². The molecule has 0 fully saturated rings. The molecule has 84 valence electrons. The van der Waals surface area contributed by atoms with E-state index in [1.165, 1.54) is 20.3 Å². The third-order valence-electron chi connectivity index (χ3n) is 1.57. The van der Waals surface area contributed by atoms with Crippen molar-refractivity contribution < 1.29 is 17.9 Å². The van der Waals surface area contributed by atoms with E-state index in [4.69, 9.17) is 14.6 Å². The summed E-state index contributed by atoms with van der Waals surface area (Å²) in [6.07, 6.45) is 0. The molecule has 0 amide bonds. The molecule has 0 aliphatic rings. The fraction of sp³-hybridized carbons (Fsp3) is 0.286. The van der Waals surface area contributed by atoms with E-state index in [2.05, 4.69) is 20.9 Å². The Bertz CT molecular complexity index is 474. The Morgan fingerprint density at radius 3 is 2.27 bits per heavy atom. The van der Waals surface area contributed by atoms with Gasteiger partial charge < -0.3 is 9.47 Å². The highest BCUT2D eigenvalue weighted by Gasteiger charge is 2.19. The van der Waals surface area contributed by atoms with Crippen LogP contribution in [0.25, 0.3) is 0 Å². The first-order valence-electron chi connectivity index (χ1n) is 3.71. The second-order valence-corrected chi connectivity index (χ2v) is 4.92. The Labute approximate surface area is 95.6 Å². The Hall–Kier alpha value is -0.860. The van der Waals surface area contributed by atoms with Crippen molar-refractivity contribution in [2.45, 2.75) is 4.90 Å². The molecule has 0 saturated heterocycles. The number of nitrogens with two attached hydrogens (primary N) is 1. The highest BCUT2D eigenvalue weighted by Crippen LogP contribution is 2.30. The van der Waals surface area contributed by atoms with Gasteiger partial charge in [-0.2, -0.15) is 4.98 Å². The van der Waals surface area contributed by atoms with Crippen LogP contribution in [0, 0.1) is 0 Å². The van der Waals surface area contributed by atoms with E-state index in [0.29, 0.717) is 4.47 Å². The van der Waals surface area contributed by atoms with Gasteiger partial charge in [-0.15, -0.1) is 0 Å². The minimum Gasteiger partial charge on any atom is -0.480 e. The van der Waals surface area contributed by atoms with Crippen molar-refractivity contribution in [3.63, 3.8) is 0 Å². The molecule has 6 nitrogen and oxygen atoms in total. The van der Waals surface area contributed by atoms with E-state index in [0.717, 1.165) is 0 Å². The summed E-state index contributed by atoms with van der Waals surface area (Å²) in [5.74, 6) is 0.122. The first-order chi connectivity index (χ1) is 6.90. The van der Waals surface area contributed by atoms with Crippen molar-refractivity contribution in [2.24, 2.45) is 5.14 Å². The van der Waals surface area contributed by atoms with Crippen LogP contribution < -0.4 is 14.6 Å². The van der Waals surface area contributed by atoms with Crippen LogP contribution in [0.4, 0.5) is 0 Å². The molecule has 1 rings (SSSR count). The number of nitrogens with zero attached hydrogens (tertiary/aromatic N) is 1. The molecule has 0 unspecified atom stereocenters. The minimum atomic E-state index is -3.87. The van der Waals surface area contributed by atoms with E-state index in [1.54, 1.807) is 0 Å². The molecule has 0 bridgehead atoms. The number of hydrogen-bond acceptors (Lipinski definition) is 5. The molecule has 0 aromatic carbocycles. The number of primary sulfonamides is 1. The van der Waals surface area contributed by atoms with Gasteiger partial charge in [-0.1, -0.05) is 0 Å². The summed E-state index contributed by atoms with van der Waals surface area (Å²) >= 11 is 3.10. The second kappa shape index (κ2) is 4.33. The Morgan fingerprint density at radius 1 is 1.33 bits per heavy atom. The van der Waals surface area contributed by atoms with Crippen LogP contribution in [-0.2, 0) is 10.0 Å². The van der Waals surface area contributed by atoms with Crippen molar-refractivity contribution in [2.75, 3.05) is 14.2 Å². The lowest BCUT2D eigenvalue weighted by Gasteiger charge is -2.08. The molecule has 1 aromatic rings. The molecule has 0 saturated carbocycles. The summed E-state index contributed by atoms with van der Waals surface area (Å²) in [6.45, 7) is 0. The summed E-state index contributed by atoms with van der Waals surface area (Å²) in [5, 5.41) is 4.98. The highest BCUT2D eigenvalue weighted by atomic mass is 79.9. The van der Waals surface area contributed by atoms with Crippen LogP contribution >= 0.6 is 15.9 Å². The van der Waals surface area contributed by atoms with Crippen LogP contribution in [0.5, 0.6) is 11.8 Å². The average molecular weight is 297 g/mol. The molecule has 0 aliphatic carbocycles. The maximum Gasteiger partial charge on any atom is 0.243 e. The lowest BCUT2D eigenvalue weighted by Crippen LogP contribution is -2.14. The van der Waals surface area contributed by atoms with Gasteiger partial charge in [0.2, 0.25) is 21.8 Å². The number of methoxy groups -OCH3 is 2. The molecule has 2 N–H and O–H groups in total. The molecule has 0 radical (unpaired) electrons. The number of ether oxygens (including phenoxy) is 2. The molecular weight excluding hydrogens is 288 g/mol. The normalized spacial score (nSPS) is 11.2. The van der Waals surface area contributed by atoms with Gasteiger partial charge in [-0.3, -0.25) is 0 Å². The predicted molar refractivity (Wildman–Crippen MR) is 56.4 cm³/mol. The van der Waals surface area contributed by atoms with Crippen molar-refractivity contribution in [3.8, 4) is 11.8 Å². The first-order valence-corrected chi connectivity index (χ1v) is 6.05. The Balaban J connectivity index is 3.48. The Morgan fingerprint density at radius 2 is 1.87 bits per heavy atom. The van der Waals surface area contributed by atoms with Gasteiger partial charge in [0.1, 0.15) is 4.90 Å². The molecule has 1 aromatic heterocycles. The zero-order valence-electron chi connectivity index (χ0n) is 8.02. The lowest BCUT2D eigenvalue weighted by atomic mass is 10.4. The number of halogens is 1. The fourth-order valence-electron chi connectivity index (χ4n) is 0.933. The first kappa shape index (κ1) is 12.2. The van der Waals surface area contributed by atoms with E-state index in [-0.39, 0.29) is 16.7 Å². The van der Waals surface area contributed by atoms with E-state index in [9.17, 15) is 8.42 Å². The number of rotatable bonds is 3.